The molecule has 1 atom stereocenters. The van der Waals surface area contributed by atoms with Crippen molar-refractivity contribution in [3.63, 3.8) is 0 Å². The number of hydrogen-bond donors (Lipinski definition) is 0. The third-order valence-electron chi connectivity index (χ3n) is 2.71. The maximum Gasteiger partial charge on any atom is 0.474 e. The maximum atomic E-state index is 12.2. The number of amides is 1. The summed E-state index contributed by atoms with van der Waals surface area (Å²) in [5, 5.41) is 0. The molecule has 9 heteroatoms. The smallest absolute Gasteiger partial charge is 0.469 e. The second-order valence-electron chi connectivity index (χ2n) is 4.42. The first kappa shape index (κ1) is 18.1. The Labute approximate surface area is 125 Å². The van der Waals surface area contributed by atoms with Gasteiger partial charge in [-0.15, -0.1) is 4.36 Å². The molecule has 1 aromatic carbocycles. The zero-order valence-corrected chi connectivity index (χ0v) is 12.7. The van der Waals surface area contributed by atoms with Gasteiger partial charge >= 0.3 is 18.1 Å². The van der Waals surface area contributed by atoms with Gasteiger partial charge in [-0.2, -0.15) is 13.2 Å². The SMILES string of the molecule is COC(=O)CCc1ccc(S(C)(=O)=NC(=O)C(F)(F)F)cc1. The Balaban J connectivity index is 2.94. The van der Waals surface area contributed by atoms with Crippen molar-refractivity contribution >= 4 is 21.6 Å². The molecule has 0 heterocycles. The standard InChI is InChI=1S/C13H14F3NO4S/c1-21-11(18)8-5-9-3-6-10(7-4-9)22(2,20)17-12(19)13(14,15)16/h3-4,6-7H,5,8H2,1-2H3. The van der Waals surface area contributed by atoms with Gasteiger partial charge in [0.1, 0.15) is 0 Å². The van der Waals surface area contributed by atoms with E-state index < -0.39 is 27.8 Å². The van der Waals surface area contributed by atoms with Crippen LogP contribution in [0.3, 0.4) is 0 Å². The topological polar surface area (TPSA) is 72.8 Å². The molecule has 0 fully saturated rings. The molecule has 0 spiro atoms. The molecule has 0 radical (unpaired) electrons. The third kappa shape index (κ3) is 5.14. The van der Waals surface area contributed by atoms with E-state index in [9.17, 15) is 27.0 Å². The van der Waals surface area contributed by atoms with Crippen LogP contribution >= 0.6 is 0 Å². The summed E-state index contributed by atoms with van der Waals surface area (Å²) in [4.78, 5) is 21.8. The summed E-state index contributed by atoms with van der Waals surface area (Å²) in [6.45, 7) is 0. The maximum absolute atomic E-state index is 12.2. The average molecular weight is 337 g/mol. The quantitative estimate of drug-likeness (QED) is 0.791. The Hall–Kier alpha value is -1.90. The van der Waals surface area contributed by atoms with E-state index in [0.717, 1.165) is 6.26 Å². The number of carbonyl (C=O) groups excluding carboxylic acids is 2. The van der Waals surface area contributed by atoms with Gasteiger partial charge in [-0.3, -0.25) is 9.59 Å². The lowest BCUT2D eigenvalue weighted by Gasteiger charge is -2.07. The summed E-state index contributed by atoms with van der Waals surface area (Å²) in [5.74, 6) is -2.77. The fourth-order valence-electron chi connectivity index (χ4n) is 1.52. The molecular weight excluding hydrogens is 323 g/mol. The van der Waals surface area contributed by atoms with Crippen molar-refractivity contribution in [1.29, 1.82) is 0 Å². The minimum absolute atomic E-state index is 0.00641. The van der Waals surface area contributed by atoms with Crippen LogP contribution in [0.1, 0.15) is 12.0 Å². The number of alkyl halides is 3. The lowest BCUT2D eigenvalue weighted by atomic mass is 10.1. The number of carbonyl (C=O) groups is 2. The predicted octanol–water partition coefficient (Wildman–Crippen LogP) is 2.34. The molecule has 0 bridgehead atoms. The van der Waals surface area contributed by atoms with E-state index in [4.69, 9.17) is 0 Å². The van der Waals surface area contributed by atoms with Crippen LogP contribution in [0.2, 0.25) is 0 Å². The summed E-state index contributed by atoms with van der Waals surface area (Å²) < 4.78 is 55.8. The van der Waals surface area contributed by atoms with Gasteiger partial charge in [0.05, 0.1) is 16.8 Å². The first-order valence-corrected chi connectivity index (χ1v) is 7.97. The molecule has 0 aliphatic carbocycles. The summed E-state index contributed by atoms with van der Waals surface area (Å²) in [7, 11) is -2.22. The number of esters is 1. The summed E-state index contributed by atoms with van der Waals surface area (Å²) in [6, 6.07) is 5.66. The van der Waals surface area contributed by atoms with E-state index in [-0.39, 0.29) is 11.3 Å². The van der Waals surface area contributed by atoms with E-state index in [0.29, 0.717) is 12.0 Å². The Bertz CT molecular complexity index is 674. The fraction of sp³-hybridized carbons (Fsp3) is 0.385. The molecule has 22 heavy (non-hydrogen) atoms. The van der Waals surface area contributed by atoms with Crippen molar-refractivity contribution in [3.8, 4) is 0 Å². The van der Waals surface area contributed by atoms with Gasteiger partial charge in [0, 0.05) is 17.6 Å². The largest absolute Gasteiger partial charge is 0.474 e. The van der Waals surface area contributed by atoms with Gasteiger partial charge in [-0.1, -0.05) is 12.1 Å². The highest BCUT2D eigenvalue weighted by Gasteiger charge is 2.39. The van der Waals surface area contributed by atoms with Gasteiger partial charge in [-0.05, 0) is 24.1 Å². The van der Waals surface area contributed by atoms with Crippen molar-refractivity contribution in [1.82, 2.24) is 0 Å². The average Bonchev–Trinajstić information content (AvgIpc) is 2.43. The van der Waals surface area contributed by atoms with E-state index >= 15 is 0 Å². The molecule has 122 valence electrons. The predicted molar refractivity (Wildman–Crippen MR) is 72.6 cm³/mol. The van der Waals surface area contributed by atoms with Crippen molar-refractivity contribution in [3.05, 3.63) is 29.8 Å². The van der Waals surface area contributed by atoms with Crippen LogP contribution in [0.25, 0.3) is 0 Å². The molecule has 1 aromatic rings. The Morgan fingerprint density at radius 3 is 2.23 bits per heavy atom. The van der Waals surface area contributed by atoms with Crippen LogP contribution in [0.5, 0.6) is 0 Å². The molecule has 1 amide bonds. The van der Waals surface area contributed by atoms with E-state index in [1.807, 2.05) is 0 Å². The van der Waals surface area contributed by atoms with E-state index in [1.165, 1.54) is 31.4 Å². The minimum Gasteiger partial charge on any atom is -0.469 e. The third-order valence-corrected chi connectivity index (χ3v) is 4.37. The van der Waals surface area contributed by atoms with Crippen molar-refractivity contribution < 1.29 is 31.7 Å². The number of halogens is 3. The van der Waals surface area contributed by atoms with Gasteiger partial charge in [0.15, 0.2) is 0 Å². The van der Waals surface area contributed by atoms with Crippen molar-refractivity contribution in [2.75, 3.05) is 13.4 Å². The highest BCUT2D eigenvalue weighted by Crippen LogP contribution is 2.20. The highest BCUT2D eigenvalue weighted by molar-refractivity contribution is 7.93. The van der Waals surface area contributed by atoms with E-state index in [1.54, 1.807) is 0 Å². The lowest BCUT2D eigenvalue weighted by Crippen LogP contribution is -2.21. The molecule has 0 saturated heterocycles. The number of methoxy groups -OCH3 is 1. The fourth-order valence-corrected chi connectivity index (χ4v) is 2.69. The van der Waals surface area contributed by atoms with Crippen LogP contribution in [-0.2, 0) is 30.5 Å². The van der Waals surface area contributed by atoms with Gasteiger partial charge in [0.2, 0.25) is 0 Å². The summed E-state index contributed by atoms with van der Waals surface area (Å²) in [5.41, 5.74) is 0.714. The molecule has 0 aliphatic rings. The van der Waals surface area contributed by atoms with E-state index in [2.05, 4.69) is 9.10 Å². The van der Waals surface area contributed by atoms with Crippen LogP contribution in [0, 0.1) is 0 Å². The van der Waals surface area contributed by atoms with Crippen molar-refractivity contribution in [2.24, 2.45) is 4.36 Å². The van der Waals surface area contributed by atoms with Crippen LogP contribution in [-0.4, -0.2) is 35.6 Å². The number of ether oxygens (including phenoxy) is 1. The van der Waals surface area contributed by atoms with Gasteiger partial charge in [0.25, 0.3) is 0 Å². The molecule has 0 saturated carbocycles. The van der Waals surface area contributed by atoms with Crippen molar-refractivity contribution in [2.45, 2.75) is 23.9 Å². The lowest BCUT2D eigenvalue weighted by molar-refractivity contribution is -0.169. The number of aryl methyl sites for hydroxylation is 1. The Morgan fingerprint density at radius 2 is 1.77 bits per heavy atom. The second-order valence-corrected chi connectivity index (χ2v) is 6.68. The molecule has 0 aliphatic heterocycles. The second kappa shape index (κ2) is 6.91. The molecule has 0 N–H and O–H groups in total. The van der Waals surface area contributed by atoms with Crippen LogP contribution in [0.15, 0.2) is 33.5 Å². The number of benzene rings is 1. The first-order valence-electron chi connectivity index (χ1n) is 6.05. The molecule has 5 nitrogen and oxygen atoms in total. The molecule has 1 unspecified atom stereocenters. The number of rotatable bonds is 4. The molecular formula is C13H14F3NO4S. The van der Waals surface area contributed by atoms with Gasteiger partial charge < -0.3 is 4.74 Å². The summed E-state index contributed by atoms with van der Waals surface area (Å²) >= 11 is 0. The Kier molecular flexibility index (Phi) is 5.70. The Morgan fingerprint density at radius 1 is 1.23 bits per heavy atom. The van der Waals surface area contributed by atoms with Crippen LogP contribution in [0.4, 0.5) is 13.2 Å². The normalized spacial score (nSPS) is 14.0. The zero-order chi connectivity index (χ0) is 17.0. The summed E-state index contributed by atoms with van der Waals surface area (Å²) in [6.07, 6.45) is -3.68. The van der Waals surface area contributed by atoms with Gasteiger partial charge in [-0.25, -0.2) is 4.21 Å². The molecule has 0 aromatic heterocycles. The first-order chi connectivity index (χ1) is 10.1. The molecule has 1 rings (SSSR count). The highest BCUT2D eigenvalue weighted by atomic mass is 32.2. The zero-order valence-electron chi connectivity index (χ0n) is 11.8. The monoisotopic (exact) mass is 337 g/mol. The number of hydrogen-bond acceptors (Lipinski definition) is 4. The number of nitrogens with zero attached hydrogens (tertiary/aromatic N) is 1. The minimum atomic E-state index is -5.15. The van der Waals surface area contributed by atoms with Crippen LogP contribution < -0.4 is 0 Å².